The van der Waals surface area contributed by atoms with Crippen molar-refractivity contribution < 1.29 is 23.5 Å². The molecule has 3 aromatic rings. The molecule has 0 unspecified atom stereocenters. The van der Waals surface area contributed by atoms with E-state index in [1.54, 1.807) is 24.3 Å². The predicted octanol–water partition coefficient (Wildman–Crippen LogP) is 3.91. The summed E-state index contributed by atoms with van der Waals surface area (Å²) >= 11 is 6.16. The zero-order valence-corrected chi connectivity index (χ0v) is 16.2. The van der Waals surface area contributed by atoms with E-state index in [2.05, 4.69) is 5.32 Å². The van der Waals surface area contributed by atoms with Gasteiger partial charge in [-0.3, -0.25) is 4.79 Å². The second-order valence-electron chi connectivity index (χ2n) is 6.27. The third kappa shape index (κ3) is 5.93. The van der Waals surface area contributed by atoms with E-state index in [0.717, 1.165) is 16.3 Å². The average molecular weight is 416 g/mol. The predicted molar refractivity (Wildman–Crippen MR) is 109 cm³/mol. The minimum Gasteiger partial charge on any atom is -0.481 e. The van der Waals surface area contributed by atoms with Crippen LogP contribution in [0.4, 0.5) is 4.39 Å². The van der Waals surface area contributed by atoms with Crippen molar-refractivity contribution in [2.24, 2.45) is 0 Å². The quantitative estimate of drug-likeness (QED) is 0.566. The van der Waals surface area contributed by atoms with Gasteiger partial charge in [-0.1, -0.05) is 48.0 Å². The van der Waals surface area contributed by atoms with Crippen molar-refractivity contribution in [1.29, 1.82) is 0 Å². The molecule has 29 heavy (non-hydrogen) atoms. The van der Waals surface area contributed by atoms with Gasteiger partial charge in [0.2, 0.25) is 0 Å². The van der Waals surface area contributed by atoms with E-state index >= 15 is 0 Å². The zero-order valence-electron chi connectivity index (χ0n) is 15.5. The van der Waals surface area contributed by atoms with E-state index in [1.165, 1.54) is 12.1 Å². The molecule has 0 aliphatic heterocycles. The zero-order chi connectivity index (χ0) is 20.6. The normalized spacial score (nSPS) is 10.6. The summed E-state index contributed by atoms with van der Waals surface area (Å²) in [5.41, 5.74) is 0.896. The summed E-state index contributed by atoms with van der Waals surface area (Å²) < 4.78 is 23.3. The van der Waals surface area contributed by atoms with Gasteiger partial charge in [0.25, 0.3) is 5.91 Å². The van der Waals surface area contributed by atoms with Crippen molar-refractivity contribution in [3.63, 3.8) is 0 Å². The Bertz CT molecular complexity index is 1010. The largest absolute Gasteiger partial charge is 0.481 e. The highest BCUT2D eigenvalue weighted by atomic mass is 35.5. The smallest absolute Gasteiger partial charge is 0.344 e. The minimum atomic E-state index is -0.655. The summed E-state index contributed by atoms with van der Waals surface area (Å²) in [5, 5.41) is 4.83. The Kier molecular flexibility index (Phi) is 7.03. The number of halogens is 2. The van der Waals surface area contributed by atoms with Crippen LogP contribution >= 0.6 is 11.6 Å². The number of ether oxygens (including phenoxy) is 2. The van der Waals surface area contributed by atoms with Crippen LogP contribution in [-0.4, -0.2) is 31.6 Å². The fourth-order valence-corrected chi connectivity index (χ4v) is 2.96. The van der Waals surface area contributed by atoms with Crippen LogP contribution in [0.5, 0.6) is 5.75 Å². The highest BCUT2D eigenvalue weighted by molar-refractivity contribution is 6.35. The van der Waals surface area contributed by atoms with Gasteiger partial charge in [-0.2, -0.15) is 0 Å². The van der Waals surface area contributed by atoms with E-state index in [1.807, 2.05) is 24.3 Å². The number of esters is 1. The highest BCUT2D eigenvalue weighted by Gasteiger charge is 2.11. The van der Waals surface area contributed by atoms with Crippen molar-refractivity contribution >= 4 is 34.2 Å². The molecule has 0 spiro atoms. The maximum Gasteiger partial charge on any atom is 0.344 e. The first-order chi connectivity index (χ1) is 14.0. The molecule has 1 amide bonds. The molecule has 0 aliphatic rings. The minimum absolute atomic E-state index is 0.307. The number of benzene rings is 3. The van der Waals surface area contributed by atoms with Crippen LogP contribution in [0.3, 0.4) is 0 Å². The van der Waals surface area contributed by atoms with Crippen LogP contribution in [0, 0.1) is 5.82 Å². The number of carbonyl (C=O) groups excluding carboxylic acids is 2. The molecule has 0 atom stereocenters. The Labute approximate surface area is 172 Å². The maximum absolute atomic E-state index is 12.8. The van der Waals surface area contributed by atoms with Gasteiger partial charge in [0.05, 0.1) is 0 Å². The topological polar surface area (TPSA) is 64.6 Å². The van der Waals surface area contributed by atoms with Crippen molar-refractivity contribution in [1.82, 2.24) is 5.32 Å². The molecule has 0 bridgehead atoms. The lowest BCUT2D eigenvalue weighted by Crippen LogP contribution is -2.31. The molecule has 0 saturated carbocycles. The molecular weight excluding hydrogens is 397 g/mol. The number of fused-ring (bicyclic) bond motifs is 1. The van der Waals surface area contributed by atoms with E-state index in [4.69, 9.17) is 21.1 Å². The third-order valence-electron chi connectivity index (χ3n) is 4.19. The van der Waals surface area contributed by atoms with E-state index < -0.39 is 18.5 Å². The number of hydrogen-bond donors (Lipinski definition) is 1. The first-order valence-electron chi connectivity index (χ1n) is 9.00. The first kappa shape index (κ1) is 20.6. The Morgan fingerprint density at radius 2 is 1.66 bits per heavy atom. The Balaban J connectivity index is 1.40. The summed E-state index contributed by atoms with van der Waals surface area (Å²) in [6, 6.07) is 16.8. The van der Waals surface area contributed by atoms with Crippen LogP contribution in [0.2, 0.25) is 5.02 Å². The van der Waals surface area contributed by atoms with E-state index in [9.17, 15) is 14.0 Å². The van der Waals surface area contributed by atoms with Crippen LogP contribution in [-0.2, 0) is 20.7 Å². The van der Waals surface area contributed by atoms with Gasteiger partial charge in [-0.05, 0) is 36.2 Å². The molecular formula is C22H19ClFNO4. The van der Waals surface area contributed by atoms with Gasteiger partial charge >= 0.3 is 5.97 Å². The lowest BCUT2D eigenvalue weighted by atomic mass is 10.1. The lowest BCUT2D eigenvalue weighted by molar-refractivity contribution is -0.150. The molecule has 150 valence electrons. The summed E-state index contributed by atoms with van der Waals surface area (Å²) in [6.45, 7) is -0.364. The Morgan fingerprint density at radius 1 is 0.931 bits per heavy atom. The molecule has 0 aromatic heterocycles. The van der Waals surface area contributed by atoms with Gasteiger partial charge in [-0.15, -0.1) is 0 Å². The average Bonchev–Trinajstić information content (AvgIpc) is 2.73. The van der Waals surface area contributed by atoms with E-state index in [0.29, 0.717) is 23.7 Å². The summed E-state index contributed by atoms with van der Waals surface area (Å²) in [4.78, 5) is 23.6. The summed E-state index contributed by atoms with van der Waals surface area (Å²) in [5.74, 6) is -0.876. The molecule has 7 heteroatoms. The van der Waals surface area contributed by atoms with Crippen LogP contribution in [0.1, 0.15) is 5.56 Å². The van der Waals surface area contributed by atoms with Crippen molar-refractivity contribution in [2.45, 2.75) is 6.42 Å². The van der Waals surface area contributed by atoms with Gasteiger partial charge in [0.15, 0.2) is 13.2 Å². The number of nitrogens with one attached hydrogen (secondary N) is 1. The second kappa shape index (κ2) is 9.89. The van der Waals surface area contributed by atoms with Gasteiger partial charge in [-0.25, -0.2) is 9.18 Å². The summed E-state index contributed by atoms with van der Waals surface area (Å²) in [7, 11) is 0. The molecule has 3 aromatic carbocycles. The van der Waals surface area contributed by atoms with Gasteiger partial charge in [0.1, 0.15) is 11.6 Å². The SMILES string of the molecule is O=C(COC(=O)COc1ccc(Cl)c2ccccc12)NCCc1ccc(F)cc1. The van der Waals surface area contributed by atoms with Crippen LogP contribution in [0.25, 0.3) is 10.8 Å². The third-order valence-corrected chi connectivity index (χ3v) is 4.52. The number of carbonyl (C=O) groups is 2. The Morgan fingerprint density at radius 3 is 2.41 bits per heavy atom. The van der Waals surface area contributed by atoms with Crippen LogP contribution in [0.15, 0.2) is 60.7 Å². The first-order valence-corrected chi connectivity index (χ1v) is 9.37. The number of hydrogen-bond acceptors (Lipinski definition) is 4. The number of amides is 1. The molecule has 5 nitrogen and oxygen atoms in total. The molecule has 0 fully saturated rings. The van der Waals surface area contributed by atoms with E-state index in [-0.39, 0.29) is 12.4 Å². The van der Waals surface area contributed by atoms with Crippen molar-refractivity contribution in [3.8, 4) is 5.75 Å². The standard InChI is InChI=1S/C22H19ClFNO4/c23-19-9-10-20(18-4-2-1-3-17(18)19)28-14-22(27)29-13-21(26)25-12-11-15-5-7-16(24)8-6-15/h1-10H,11-14H2,(H,25,26). The Hall–Kier alpha value is -3.12. The second-order valence-corrected chi connectivity index (χ2v) is 6.67. The molecule has 0 saturated heterocycles. The molecule has 0 radical (unpaired) electrons. The fourth-order valence-electron chi connectivity index (χ4n) is 2.73. The fraction of sp³-hybridized carbons (Fsp3) is 0.182. The maximum atomic E-state index is 12.8. The van der Waals surface area contributed by atoms with Gasteiger partial charge in [0, 0.05) is 22.3 Å². The highest BCUT2D eigenvalue weighted by Crippen LogP contribution is 2.31. The van der Waals surface area contributed by atoms with Crippen LogP contribution < -0.4 is 10.1 Å². The number of rotatable bonds is 8. The lowest BCUT2D eigenvalue weighted by Gasteiger charge is -2.10. The van der Waals surface area contributed by atoms with Crippen molar-refractivity contribution in [2.75, 3.05) is 19.8 Å². The molecule has 0 aliphatic carbocycles. The molecule has 3 rings (SSSR count). The monoisotopic (exact) mass is 415 g/mol. The molecule has 1 N–H and O–H groups in total. The van der Waals surface area contributed by atoms with Gasteiger partial charge < -0.3 is 14.8 Å². The summed E-state index contributed by atoms with van der Waals surface area (Å²) in [6.07, 6.45) is 0.548. The molecule has 0 heterocycles. The van der Waals surface area contributed by atoms with Crippen molar-refractivity contribution in [3.05, 3.63) is 77.1 Å².